The zero-order chi connectivity index (χ0) is 15.7. The zero-order valence-corrected chi connectivity index (χ0v) is 13.3. The first-order chi connectivity index (χ1) is 10.6. The van der Waals surface area contributed by atoms with Crippen molar-refractivity contribution in [1.29, 1.82) is 0 Å². The fourth-order valence-corrected chi connectivity index (χ4v) is 3.51. The lowest BCUT2D eigenvalue weighted by molar-refractivity contribution is -0.136. The van der Waals surface area contributed by atoms with Crippen molar-refractivity contribution in [3.05, 3.63) is 17.0 Å². The first-order valence-corrected chi connectivity index (χ1v) is 8.09. The van der Waals surface area contributed by atoms with Crippen LogP contribution < -0.4 is 0 Å². The number of amides is 2. The molecule has 120 valence electrons. The second-order valence-electron chi connectivity index (χ2n) is 6.30. The smallest absolute Gasteiger partial charge is 0.259 e. The van der Waals surface area contributed by atoms with E-state index in [9.17, 15) is 9.59 Å². The van der Waals surface area contributed by atoms with Gasteiger partial charge in [0.25, 0.3) is 5.91 Å². The van der Waals surface area contributed by atoms with Gasteiger partial charge in [-0.05, 0) is 26.7 Å². The van der Waals surface area contributed by atoms with Crippen LogP contribution >= 0.6 is 0 Å². The molecule has 2 aliphatic rings. The van der Waals surface area contributed by atoms with Crippen molar-refractivity contribution in [3.63, 3.8) is 0 Å². The molecule has 0 bridgehead atoms. The second-order valence-corrected chi connectivity index (χ2v) is 6.30. The third-order valence-corrected chi connectivity index (χ3v) is 4.83. The van der Waals surface area contributed by atoms with Gasteiger partial charge in [-0.25, -0.2) is 0 Å². The van der Waals surface area contributed by atoms with E-state index in [1.165, 1.54) is 12.8 Å². The summed E-state index contributed by atoms with van der Waals surface area (Å²) in [6.45, 7) is 5.97. The van der Waals surface area contributed by atoms with Crippen molar-refractivity contribution >= 4 is 11.8 Å². The van der Waals surface area contributed by atoms with Crippen LogP contribution in [0.25, 0.3) is 0 Å². The zero-order valence-electron chi connectivity index (χ0n) is 13.3. The topological polar surface area (TPSA) is 66.7 Å². The number of carbonyl (C=O) groups excluding carboxylic acids is 2. The number of aromatic nitrogens is 1. The standard InChI is InChI=1S/C16H23N3O3/c1-11-14(12(2)22-17-11)16(21)19-9-7-18(8-10-19)15(20)13-5-3-4-6-13/h13H,3-10H2,1-2H3. The summed E-state index contributed by atoms with van der Waals surface area (Å²) in [6.07, 6.45) is 4.38. The van der Waals surface area contributed by atoms with E-state index in [1.54, 1.807) is 18.7 Å². The number of nitrogens with zero attached hydrogens (tertiary/aromatic N) is 3. The van der Waals surface area contributed by atoms with E-state index in [2.05, 4.69) is 5.16 Å². The maximum absolute atomic E-state index is 12.6. The van der Waals surface area contributed by atoms with Crippen LogP contribution in [0.2, 0.25) is 0 Å². The molecule has 6 heteroatoms. The van der Waals surface area contributed by atoms with Gasteiger partial charge >= 0.3 is 0 Å². The molecule has 1 aromatic rings. The molecule has 3 rings (SSSR count). The Kier molecular flexibility index (Phi) is 4.18. The summed E-state index contributed by atoms with van der Waals surface area (Å²) in [7, 11) is 0. The predicted molar refractivity (Wildman–Crippen MR) is 80.4 cm³/mol. The molecule has 2 heterocycles. The van der Waals surface area contributed by atoms with E-state index >= 15 is 0 Å². The molecule has 0 aromatic carbocycles. The van der Waals surface area contributed by atoms with Gasteiger partial charge in [0, 0.05) is 32.1 Å². The van der Waals surface area contributed by atoms with Crippen molar-refractivity contribution < 1.29 is 14.1 Å². The first-order valence-electron chi connectivity index (χ1n) is 8.09. The molecule has 1 saturated heterocycles. The Balaban J connectivity index is 1.59. The average Bonchev–Trinajstić information content (AvgIpc) is 3.17. The van der Waals surface area contributed by atoms with Gasteiger partial charge in [-0.2, -0.15) is 0 Å². The summed E-state index contributed by atoms with van der Waals surface area (Å²) in [5, 5.41) is 3.84. The fraction of sp³-hybridized carbons (Fsp3) is 0.688. The molecule has 6 nitrogen and oxygen atoms in total. The molecular weight excluding hydrogens is 282 g/mol. The van der Waals surface area contributed by atoms with E-state index in [4.69, 9.17) is 4.52 Å². The Morgan fingerprint density at radius 2 is 1.64 bits per heavy atom. The van der Waals surface area contributed by atoms with Crippen molar-refractivity contribution in [2.75, 3.05) is 26.2 Å². The molecule has 1 aliphatic carbocycles. The lowest BCUT2D eigenvalue weighted by atomic mass is 10.1. The fourth-order valence-electron chi connectivity index (χ4n) is 3.51. The molecule has 1 aromatic heterocycles. The van der Waals surface area contributed by atoms with Crippen LogP contribution in [0, 0.1) is 19.8 Å². The summed E-state index contributed by atoms with van der Waals surface area (Å²) in [4.78, 5) is 28.7. The minimum atomic E-state index is -0.0378. The van der Waals surface area contributed by atoms with Gasteiger partial charge < -0.3 is 14.3 Å². The van der Waals surface area contributed by atoms with Crippen molar-refractivity contribution in [1.82, 2.24) is 15.0 Å². The summed E-state index contributed by atoms with van der Waals surface area (Å²) in [5.74, 6) is 1.02. The minimum absolute atomic E-state index is 0.0378. The van der Waals surface area contributed by atoms with E-state index in [-0.39, 0.29) is 17.7 Å². The Labute approximate surface area is 130 Å². The molecule has 0 spiro atoms. The minimum Gasteiger partial charge on any atom is -0.361 e. The number of carbonyl (C=O) groups is 2. The van der Waals surface area contributed by atoms with Crippen LogP contribution in [0.1, 0.15) is 47.5 Å². The number of hydrogen-bond donors (Lipinski definition) is 0. The third-order valence-electron chi connectivity index (χ3n) is 4.83. The van der Waals surface area contributed by atoms with Gasteiger partial charge in [0.2, 0.25) is 5.91 Å². The van der Waals surface area contributed by atoms with Gasteiger partial charge in [-0.1, -0.05) is 18.0 Å². The maximum atomic E-state index is 12.6. The Hall–Kier alpha value is -1.85. The summed E-state index contributed by atoms with van der Waals surface area (Å²) in [6, 6.07) is 0. The number of piperazine rings is 1. The van der Waals surface area contributed by atoms with Crippen molar-refractivity contribution in [2.45, 2.75) is 39.5 Å². The highest BCUT2D eigenvalue weighted by Gasteiger charge is 2.31. The molecule has 1 saturated carbocycles. The van der Waals surface area contributed by atoms with Crippen molar-refractivity contribution in [3.8, 4) is 0 Å². The molecule has 22 heavy (non-hydrogen) atoms. The molecule has 2 fully saturated rings. The van der Waals surface area contributed by atoms with Crippen LogP contribution in [0.5, 0.6) is 0 Å². The monoisotopic (exact) mass is 305 g/mol. The third kappa shape index (κ3) is 2.74. The summed E-state index contributed by atoms with van der Waals surface area (Å²) < 4.78 is 5.07. The highest BCUT2D eigenvalue weighted by molar-refractivity contribution is 5.96. The Morgan fingerprint density at radius 1 is 1.05 bits per heavy atom. The number of hydrogen-bond acceptors (Lipinski definition) is 4. The predicted octanol–water partition coefficient (Wildman–Crippen LogP) is 1.77. The maximum Gasteiger partial charge on any atom is 0.259 e. The summed E-state index contributed by atoms with van der Waals surface area (Å²) in [5.41, 5.74) is 1.20. The molecule has 1 aliphatic heterocycles. The van der Waals surface area contributed by atoms with E-state index in [0.29, 0.717) is 43.2 Å². The second kappa shape index (κ2) is 6.10. The van der Waals surface area contributed by atoms with Gasteiger partial charge in [-0.15, -0.1) is 0 Å². The van der Waals surface area contributed by atoms with Crippen LogP contribution in [-0.2, 0) is 4.79 Å². The molecule has 0 unspecified atom stereocenters. The van der Waals surface area contributed by atoms with E-state index in [1.807, 2.05) is 4.90 Å². The first kappa shape index (κ1) is 15.1. The molecule has 2 amide bonds. The normalized spacial score (nSPS) is 19.7. The lowest BCUT2D eigenvalue weighted by Gasteiger charge is -2.36. The average molecular weight is 305 g/mol. The van der Waals surface area contributed by atoms with Gasteiger partial charge in [0.15, 0.2) is 0 Å². The van der Waals surface area contributed by atoms with Crippen LogP contribution in [0.3, 0.4) is 0 Å². The van der Waals surface area contributed by atoms with E-state index in [0.717, 1.165) is 12.8 Å². The summed E-state index contributed by atoms with van der Waals surface area (Å²) >= 11 is 0. The van der Waals surface area contributed by atoms with Gasteiger partial charge in [0.05, 0.1) is 5.69 Å². The Morgan fingerprint density at radius 3 is 2.18 bits per heavy atom. The van der Waals surface area contributed by atoms with Gasteiger partial charge in [-0.3, -0.25) is 9.59 Å². The van der Waals surface area contributed by atoms with Crippen LogP contribution in [0.15, 0.2) is 4.52 Å². The quantitative estimate of drug-likeness (QED) is 0.835. The molecule has 0 N–H and O–H groups in total. The molecular formula is C16H23N3O3. The largest absolute Gasteiger partial charge is 0.361 e. The van der Waals surface area contributed by atoms with Crippen molar-refractivity contribution in [2.24, 2.45) is 5.92 Å². The number of rotatable bonds is 2. The molecule has 0 atom stereocenters. The van der Waals surface area contributed by atoms with Gasteiger partial charge in [0.1, 0.15) is 11.3 Å². The molecule has 0 radical (unpaired) electrons. The highest BCUT2D eigenvalue weighted by atomic mass is 16.5. The van der Waals surface area contributed by atoms with E-state index < -0.39 is 0 Å². The lowest BCUT2D eigenvalue weighted by Crippen LogP contribution is -2.51. The Bertz CT molecular complexity index is 548. The van der Waals surface area contributed by atoms with Crippen LogP contribution in [-0.4, -0.2) is 52.9 Å². The SMILES string of the molecule is Cc1noc(C)c1C(=O)N1CCN(C(=O)C2CCCC2)CC1. The number of aryl methyl sites for hydroxylation is 2. The highest BCUT2D eigenvalue weighted by Crippen LogP contribution is 2.27. The van der Waals surface area contributed by atoms with Crippen LogP contribution in [0.4, 0.5) is 0 Å².